The molecular formula is C14H30N4O2S. The Morgan fingerprint density at radius 2 is 1.81 bits per heavy atom. The van der Waals surface area contributed by atoms with E-state index in [9.17, 15) is 8.42 Å². The zero-order valence-corrected chi connectivity index (χ0v) is 13.9. The highest BCUT2D eigenvalue weighted by atomic mass is 32.2. The molecule has 0 spiro atoms. The van der Waals surface area contributed by atoms with Crippen LogP contribution in [0.5, 0.6) is 0 Å². The molecule has 0 saturated carbocycles. The highest BCUT2D eigenvalue weighted by Crippen LogP contribution is 2.18. The second-order valence-electron chi connectivity index (χ2n) is 6.54. The van der Waals surface area contributed by atoms with Gasteiger partial charge >= 0.3 is 0 Å². The van der Waals surface area contributed by atoms with Crippen LogP contribution in [0.1, 0.15) is 32.6 Å². The van der Waals surface area contributed by atoms with E-state index < -0.39 is 10.2 Å². The molecule has 7 heteroatoms. The SMILES string of the molecule is CC(CNS(=O)(=O)N1CCC(CN)CC1)CN1CCCC1. The summed E-state index contributed by atoms with van der Waals surface area (Å²) >= 11 is 0. The Kier molecular flexibility index (Phi) is 6.43. The van der Waals surface area contributed by atoms with Gasteiger partial charge in [0.05, 0.1) is 0 Å². The minimum absolute atomic E-state index is 0.347. The third-order valence-corrected chi connectivity index (χ3v) is 6.21. The van der Waals surface area contributed by atoms with E-state index in [-0.39, 0.29) is 0 Å². The van der Waals surface area contributed by atoms with E-state index in [1.807, 2.05) is 0 Å². The van der Waals surface area contributed by atoms with Gasteiger partial charge in [0, 0.05) is 26.2 Å². The van der Waals surface area contributed by atoms with Crippen LogP contribution in [0.3, 0.4) is 0 Å². The number of likely N-dealkylation sites (tertiary alicyclic amines) is 1. The van der Waals surface area contributed by atoms with E-state index in [1.54, 1.807) is 4.31 Å². The third-order valence-electron chi connectivity index (χ3n) is 4.63. The zero-order valence-electron chi connectivity index (χ0n) is 13.1. The first-order valence-corrected chi connectivity index (χ1v) is 9.62. The van der Waals surface area contributed by atoms with Crippen LogP contribution < -0.4 is 10.5 Å². The molecule has 0 amide bonds. The van der Waals surface area contributed by atoms with Gasteiger partial charge in [0.15, 0.2) is 0 Å². The summed E-state index contributed by atoms with van der Waals surface area (Å²) in [5.74, 6) is 0.824. The molecule has 0 aromatic carbocycles. The number of piperidine rings is 1. The summed E-state index contributed by atoms with van der Waals surface area (Å²) in [5, 5.41) is 0. The van der Waals surface area contributed by atoms with E-state index in [1.165, 1.54) is 12.8 Å². The van der Waals surface area contributed by atoms with Gasteiger partial charge in [0.1, 0.15) is 0 Å². The molecule has 21 heavy (non-hydrogen) atoms. The van der Waals surface area contributed by atoms with Crippen molar-refractivity contribution in [2.75, 3.05) is 45.8 Å². The van der Waals surface area contributed by atoms with E-state index >= 15 is 0 Å². The molecule has 2 heterocycles. The van der Waals surface area contributed by atoms with Crippen molar-refractivity contribution in [1.82, 2.24) is 13.9 Å². The summed E-state index contributed by atoms with van der Waals surface area (Å²) in [6.45, 7) is 7.78. The maximum absolute atomic E-state index is 12.3. The Hall–Kier alpha value is -0.210. The van der Waals surface area contributed by atoms with E-state index in [0.29, 0.717) is 38.0 Å². The number of hydrogen-bond donors (Lipinski definition) is 2. The van der Waals surface area contributed by atoms with E-state index in [0.717, 1.165) is 32.5 Å². The molecule has 1 atom stereocenters. The van der Waals surface area contributed by atoms with Crippen LogP contribution in [-0.2, 0) is 10.2 Å². The lowest BCUT2D eigenvalue weighted by Crippen LogP contribution is -2.47. The predicted octanol–water partition coefficient (Wildman–Crippen LogP) is 0.223. The smallest absolute Gasteiger partial charge is 0.279 e. The molecular weight excluding hydrogens is 288 g/mol. The minimum Gasteiger partial charge on any atom is -0.330 e. The number of nitrogens with zero attached hydrogens (tertiary/aromatic N) is 2. The van der Waals surface area contributed by atoms with Crippen LogP contribution in [0.25, 0.3) is 0 Å². The Morgan fingerprint density at radius 3 is 2.38 bits per heavy atom. The number of hydrogen-bond acceptors (Lipinski definition) is 4. The second kappa shape index (κ2) is 7.87. The van der Waals surface area contributed by atoms with Crippen molar-refractivity contribution in [3.8, 4) is 0 Å². The number of nitrogens with two attached hydrogens (primary N) is 1. The molecule has 2 saturated heterocycles. The van der Waals surface area contributed by atoms with Crippen molar-refractivity contribution in [3.63, 3.8) is 0 Å². The van der Waals surface area contributed by atoms with Crippen molar-refractivity contribution in [2.24, 2.45) is 17.6 Å². The van der Waals surface area contributed by atoms with Gasteiger partial charge in [-0.05, 0) is 57.2 Å². The van der Waals surface area contributed by atoms with Crippen molar-refractivity contribution in [1.29, 1.82) is 0 Å². The summed E-state index contributed by atoms with van der Waals surface area (Å²) < 4.78 is 28.9. The maximum atomic E-state index is 12.3. The summed E-state index contributed by atoms with van der Waals surface area (Å²) in [5.41, 5.74) is 5.65. The van der Waals surface area contributed by atoms with Gasteiger partial charge < -0.3 is 10.6 Å². The standard InChI is InChI=1S/C14H30N4O2S/c1-13(12-17-6-2-3-7-17)11-16-21(19,20)18-8-4-14(10-15)5-9-18/h13-14,16H,2-12,15H2,1H3. The molecule has 1 unspecified atom stereocenters. The molecule has 124 valence electrons. The summed E-state index contributed by atoms with van der Waals surface area (Å²) in [4.78, 5) is 2.42. The average Bonchev–Trinajstić information content (AvgIpc) is 2.98. The van der Waals surface area contributed by atoms with Gasteiger partial charge in [-0.3, -0.25) is 0 Å². The first kappa shape index (κ1) is 17.1. The Morgan fingerprint density at radius 1 is 1.19 bits per heavy atom. The predicted molar refractivity (Wildman–Crippen MR) is 85.1 cm³/mol. The summed E-state index contributed by atoms with van der Waals surface area (Å²) in [6, 6.07) is 0. The number of nitrogens with one attached hydrogen (secondary N) is 1. The van der Waals surface area contributed by atoms with Crippen LogP contribution in [0.4, 0.5) is 0 Å². The van der Waals surface area contributed by atoms with Crippen LogP contribution in [0.2, 0.25) is 0 Å². The average molecular weight is 318 g/mol. The molecule has 2 aliphatic rings. The fraction of sp³-hybridized carbons (Fsp3) is 1.00. The Bertz CT molecular complexity index is 401. The van der Waals surface area contributed by atoms with E-state index in [2.05, 4.69) is 16.5 Å². The van der Waals surface area contributed by atoms with Crippen molar-refractivity contribution >= 4 is 10.2 Å². The van der Waals surface area contributed by atoms with Gasteiger partial charge in [-0.2, -0.15) is 12.7 Å². The molecule has 0 aliphatic carbocycles. The van der Waals surface area contributed by atoms with Gasteiger partial charge in [0.25, 0.3) is 10.2 Å². The van der Waals surface area contributed by atoms with Crippen molar-refractivity contribution in [3.05, 3.63) is 0 Å². The monoisotopic (exact) mass is 318 g/mol. The topological polar surface area (TPSA) is 78.7 Å². The first-order valence-electron chi connectivity index (χ1n) is 8.18. The maximum Gasteiger partial charge on any atom is 0.279 e. The van der Waals surface area contributed by atoms with Gasteiger partial charge in [0.2, 0.25) is 0 Å². The van der Waals surface area contributed by atoms with Crippen molar-refractivity contribution in [2.45, 2.75) is 32.6 Å². The molecule has 2 fully saturated rings. The van der Waals surface area contributed by atoms with Crippen LogP contribution in [0.15, 0.2) is 0 Å². The lowest BCUT2D eigenvalue weighted by atomic mass is 9.99. The quantitative estimate of drug-likeness (QED) is 0.704. The second-order valence-corrected chi connectivity index (χ2v) is 8.30. The summed E-state index contributed by atoms with van der Waals surface area (Å²) in [7, 11) is -3.32. The van der Waals surface area contributed by atoms with E-state index in [4.69, 9.17) is 5.73 Å². The minimum atomic E-state index is -3.32. The molecule has 0 aromatic heterocycles. The molecule has 0 aromatic rings. The fourth-order valence-electron chi connectivity index (χ4n) is 3.19. The summed E-state index contributed by atoms with van der Waals surface area (Å²) in [6.07, 6.45) is 4.30. The van der Waals surface area contributed by atoms with Crippen LogP contribution in [-0.4, -0.2) is 63.4 Å². The highest BCUT2D eigenvalue weighted by molar-refractivity contribution is 7.87. The fourth-order valence-corrected chi connectivity index (χ4v) is 4.56. The van der Waals surface area contributed by atoms with Gasteiger partial charge in [-0.1, -0.05) is 6.92 Å². The highest BCUT2D eigenvalue weighted by Gasteiger charge is 2.27. The largest absolute Gasteiger partial charge is 0.330 e. The zero-order chi connectivity index (χ0) is 15.3. The Balaban J connectivity index is 1.73. The molecule has 0 radical (unpaired) electrons. The van der Waals surface area contributed by atoms with Crippen molar-refractivity contribution < 1.29 is 8.42 Å². The van der Waals surface area contributed by atoms with Gasteiger partial charge in [-0.15, -0.1) is 0 Å². The lowest BCUT2D eigenvalue weighted by molar-refractivity contribution is 0.269. The molecule has 6 nitrogen and oxygen atoms in total. The number of rotatable bonds is 7. The molecule has 2 aliphatic heterocycles. The third kappa shape index (κ3) is 5.17. The molecule has 2 rings (SSSR count). The van der Waals surface area contributed by atoms with Gasteiger partial charge in [-0.25, -0.2) is 4.72 Å². The molecule has 3 N–H and O–H groups in total. The first-order chi connectivity index (χ1) is 10.0. The van der Waals surface area contributed by atoms with Crippen LogP contribution >= 0.6 is 0 Å². The van der Waals surface area contributed by atoms with Crippen LogP contribution in [0, 0.1) is 11.8 Å². The lowest BCUT2D eigenvalue weighted by Gasteiger charge is -2.31. The Labute approximate surface area is 129 Å². The molecule has 0 bridgehead atoms. The normalized spacial score (nSPS) is 24.5.